The van der Waals surface area contributed by atoms with E-state index < -0.39 is 5.97 Å². The predicted molar refractivity (Wildman–Crippen MR) is 107 cm³/mol. The number of carbonyl (C=O) groups excluding carboxylic acids is 3. The van der Waals surface area contributed by atoms with Gasteiger partial charge in [0, 0.05) is 5.56 Å². The van der Waals surface area contributed by atoms with E-state index in [0.29, 0.717) is 22.7 Å². The van der Waals surface area contributed by atoms with Crippen LogP contribution in [0.25, 0.3) is 0 Å². The molecule has 1 aliphatic heterocycles. The maximum atomic E-state index is 12.7. The number of rotatable bonds is 8. The summed E-state index contributed by atoms with van der Waals surface area (Å²) in [6.45, 7) is 1.53. The first kappa shape index (κ1) is 20.4. The van der Waals surface area contributed by atoms with Crippen LogP contribution in [0.3, 0.4) is 0 Å². The Balaban J connectivity index is 1.77. The largest absolute Gasteiger partial charge is 0.485 e. The maximum absolute atomic E-state index is 12.7. The minimum Gasteiger partial charge on any atom is -0.485 e. The quantitative estimate of drug-likeness (QED) is 0.503. The van der Waals surface area contributed by atoms with Gasteiger partial charge in [-0.3, -0.25) is 19.3 Å². The molecule has 0 aliphatic carbocycles. The van der Waals surface area contributed by atoms with Crippen LogP contribution in [0.4, 0.5) is 5.69 Å². The van der Waals surface area contributed by atoms with Crippen LogP contribution in [0.15, 0.2) is 42.5 Å². The van der Waals surface area contributed by atoms with Gasteiger partial charge in [-0.05, 0) is 36.2 Å². The molecular formula is C22H23NO6. The molecule has 0 fully saturated rings. The van der Waals surface area contributed by atoms with Gasteiger partial charge in [0.05, 0.1) is 12.8 Å². The third kappa shape index (κ3) is 4.74. The Labute approximate surface area is 169 Å². The van der Waals surface area contributed by atoms with Crippen molar-refractivity contribution in [2.24, 2.45) is 0 Å². The van der Waals surface area contributed by atoms with Gasteiger partial charge >= 0.3 is 5.97 Å². The molecule has 2 aromatic carbocycles. The van der Waals surface area contributed by atoms with Crippen molar-refractivity contribution in [3.8, 4) is 11.5 Å². The number of para-hydroxylation sites is 1. The highest BCUT2D eigenvalue weighted by molar-refractivity contribution is 6.04. The number of fused-ring (bicyclic) bond motifs is 1. The van der Waals surface area contributed by atoms with E-state index in [1.54, 1.807) is 18.2 Å². The molecule has 2 aromatic rings. The lowest BCUT2D eigenvalue weighted by atomic mass is 10.1. The number of amides is 1. The number of ether oxygens (including phenoxy) is 3. The number of methoxy groups -OCH3 is 1. The molecule has 0 aromatic heterocycles. The SMILES string of the molecule is CCCc1ccccc1OCC(=O)c1ccc2c(c1)N(CC(=O)OC)C(=O)CO2. The minimum atomic E-state index is -0.557. The monoisotopic (exact) mass is 397 g/mol. The van der Waals surface area contributed by atoms with Crippen molar-refractivity contribution in [2.45, 2.75) is 19.8 Å². The molecule has 29 heavy (non-hydrogen) atoms. The van der Waals surface area contributed by atoms with E-state index in [0.717, 1.165) is 18.4 Å². The average Bonchev–Trinajstić information content (AvgIpc) is 2.74. The topological polar surface area (TPSA) is 82.1 Å². The number of aryl methyl sites for hydroxylation is 1. The van der Waals surface area contributed by atoms with Gasteiger partial charge in [-0.15, -0.1) is 0 Å². The van der Waals surface area contributed by atoms with E-state index >= 15 is 0 Å². The van der Waals surface area contributed by atoms with E-state index in [2.05, 4.69) is 11.7 Å². The van der Waals surface area contributed by atoms with Crippen molar-refractivity contribution in [3.63, 3.8) is 0 Å². The summed E-state index contributed by atoms with van der Waals surface area (Å²) >= 11 is 0. The van der Waals surface area contributed by atoms with Crippen molar-refractivity contribution < 1.29 is 28.6 Å². The van der Waals surface area contributed by atoms with E-state index in [1.165, 1.54) is 12.0 Å². The van der Waals surface area contributed by atoms with Crippen LogP contribution < -0.4 is 14.4 Å². The van der Waals surface area contributed by atoms with Gasteiger partial charge in [-0.1, -0.05) is 31.5 Å². The Hall–Kier alpha value is -3.35. The smallest absolute Gasteiger partial charge is 0.325 e. The second kappa shape index (κ2) is 9.23. The number of nitrogens with zero attached hydrogens (tertiary/aromatic N) is 1. The molecule has 3 rings (SSSR count). The Kier molecular flexibility index (Phi) is 6.49. The number of hydrogen-bond acceptors (Lipinski definition) is 6. The zero-order valence-corrected chi connectivity index (χ0v) is 16.5. The molecule has 7 heteroatoms. The van der Waals surface area contributed by atoms with Crippen LogP contribution in [-0.4, -0.2) is 44.5 Å². The summed E-state index contributed by atoms with van der Waals surface area (Å²) < 4.78 is 15.8. The van der Waals surface area contributed by atoms with Gasteiger partial charge in [-0.2, -0.15) is 0 Å². The molecule has 0 saturated carbocycles. The molecule has 152 valence electrons. The van der Waals surface area contributed by atoms with Crippen LogP contribution in [0.2, 0.25) is 0 Å². The third-order valence-corrected chi connectivity index (χ3v) is 4.59. The number of Topliss-reactive ketones (excluding diaryl/α,β-unsaturated/α-hetero) is 1. The van der Waals surface area contributed by atoms with Gasteiger partial charge in [0.2, 0.25) is 0 Å². The van der Waals surface area contributed by atoms with Crippen molar-refractivity contribution in [1.29, 1.82) is 0 Å². The number of ketones is 1. The number of carbonyl (C=O) groups is 3. The molecule has 0 atom stereocenters. The van der Waals surface area contributed by atoms with Gasteiger partial charge in [0.15, 0.2) is 19.0 Å². The van der Waals surface area contributed by atoms with Crippen molar-refractivity contribution >= 4 is 23.3 Å². The summed E-state index contributed by atoms with van der Waals surface area (Å²) in [4.78, 5) is 37.8. The molecule has 0 saturated heterocycles. The fourth-order valence-electron chi connectivity index (χ4n) is 3.09. The zero-order chi connectivity index (χ0) is 20.8. The molecule has 7 nitrogen and oxygen atoms in total. The number of anilines is 1. The Morgan fingerprint density at radius 2 is 1.97 bits per heavy atom. The first-order chi connectivity index (χ1) is 14.0. The maximum Gasteiger partial charge on any atom is 0.325 e. The molecule has 0 unspecified atom stereocenters. The second-order valence-corrected chi connectivity index (χ2v) is 6.60. The Morgan fingerprint density at radius 3 is 2.72 bits per heavy atom. The van der Waals surface area contributed by atoms with E-state index in [4.69, 9.17) is 9.47 Å². The second-order valence-electron chi connectivity index (χ2n) is 6.60. The Morgan fingerprint density at radius 1 is 1.17 bits per heavy atom. The first-order valence-corrected chi connectivity index (χ1v) is 9.41. The summed E-state index contributed by atoms with van der Waals surface area (Å²) in [5.74, 6) is -0.0584. The fraction of sp³-hybridized carbons (Fsp3) is 0.318. The molecule has 1 amide bonds. The minimum absolute atomic E-state index is 0.134. The van der Waals surface area contributed by atoms with Crippen LogP contribution in [0, 0.1) is 0 Å². The molecule has 1 heterocycles. The van der Waals surface area contributed by atoms with E-state index in [9.17, 15) is 14.4 Å². The van der Waals surface area contributed by atoms with Crippen LogP contribution in [0.1, 0.15) is 29.3 Å². The lowest BCUT2D eigenvalue weighted by Gasteiger charge is -2.28. The number of esters is 1. The molecule has 0 spiro atoms. The molecular weight excluding hydrogens is 374 g/mol. The summed E-state index contributed by atoms with van der Waals surface area (Å²) in [5.41, 5.74) is 1.78. The molecule has 0 bridgehead atoms. The van der Waals surface area contributed by atoms with Gasteiger partial charge < -0.3 is 14.2 Å². The van der Waals surface area contributed by atoms with Gasteiger partial charge in [0.25, 0.3) is 5.91 Å². The van der Waals surface area contributed by atoms with Crippen molar-refractivity contribution in [3.05, 3.63) is 53.6 Å². The van der Waals surface area contributed by atoms with E-state index in [-0.39, 0.29) is 31.4 Å². The molecule has 0 N–H and O–H groups in total. The molecule has 1 aliphatic rings. The van der Waals surface area contributed by atoms with E-state index in [1.807, 2.05) is 24.3 Å². The van der Waals surface area contributed by atoms with Crippen LogP contribution in [0.5, 0.6) is 11.5 Å². The predicted octanol–water partition coefficient (Wildman–Crippen LogP) is 2.80. The summed E-state index contributed by atoms with van der Waals surface area (Å²) in [6, 6.07) is 12.4. The van der Waals surface area contributed by atoms with Gasteiger partial charge in [0.1, 0.15) is 18.0 Å². The highest BCUT2D eigenvalue weighted by Crippen LogP contribution is 2.33. The highest BCUT2D eigenvalue weighted by atomic mass is 16.5. The van der Waals surface area contributed by atoms with Gasteiger partial charge in [-0.25, -0.2) is 0 Å². The Bertz CT molecular complexity index is 923. The summed E-state index contributed by atoms with van der Waals surface area (Å²) in [6.07, 6.45) is 1.84. The van der Waals surface area contributed by atoms with Crippen molar-refractivity contribution in [2.75, 3.05) is 31.8 Å². The highest BCUT2D eigenvalue weighted by Gasteiger charge is 2.28. The lowest BCUT2D eigenvalue weighted by molar-refractivity contribution is -0.140. The van der Waals surface area contributed by atoms with Crippen LogP contribution in [-0.2, 0) is 20.7 Å². The third-order valence-electron chi connectivity index (χ3n) is 4.59. The van der Waals surface area contributed by atoms with Crippen molar-refractivity contribution in [1.82, 2.24) is 0 Å². The zero-order valence-electron chi connectivity index (χ0n) is 16.5. The van der Waals surface area contributed by atoms with Crippen LogP contribution >= 0.6 is 0 Å². The fourth-order valence-corrected chi connectivity index (χ4v) is 3.09. The normalized spacial score (nSPS) is 12.8. The number of hydrogen-bond donors (Lipinski definition) is 0. The first-order valence-electron chi connectivity index (χ1n) is 9.41. The summed E-state index contributed by atoms with van der Waals surface area (Å²) in [7, 11) is 1.25. The standard InChI is InChI=1S/C22H23NO6/c1-3-6-15-7-4-5-8-19(15)28-13-18(24)16-9-10-20-17(11-16)23(12-22(26)27-2)21(25)14-29-20/h4-5,7-11H,3,6,12-14H2,1-2H3. The molecule has 0 radical (unpaired) electrons. The lowest BCUT2D eigenvalue weighted by Crippen LogP contribution is -2.42. The summed E-state index contributed by atoms with van der Waals surface area (Å²) in [5, 5.41) is 0. The number of benzene rings is 2. The average molecular weight is 397 g/mol.